The lowest BCUT2D eigenvalue weighted by Gasteiger charge is -2.30. The van der Waals surface area contributed by atoms with Crippen molar-refractivity contribution in [1.82, 2.24) is 14.5 Å². The lowest BCUT2D eigenvalue weighted by Crippen LogP contribution is -2.40. The molecule has 1 aliphatic rings. The molecule has 19 heavy (non-hydrogen) atoms. The molecule has 0 saturated carbocycles. The van der Waals surface area contributed by atoms with Crippen LogP contribution in [0.1, 0.15) is 36.5 Å². The quantitative estimate of drug-likeness (QED) is 0.857. The highest BCUT2D eigenvalue weighted by molar-refractivity contribution is 7.89. The number of aromatic nitrogens is 2. The van der Waals surface area contributed by atoms with Gasteiger partial charge in [-0.15, -0.1) is 0 Å². The molecule has 0 aromatic carbocycles. The summed E-state index contributed by atoms with van der Waals surface area (Å²) < 4.78 is 26.2. The first-order valence-corrected chi connectivity index (χ1v) is 7.67. The van der Waals surface area contributed by atoms with Crippen molar-refractivity contribution in [3.63, 3.8) is 0 Å². The molecule has 0 bridgehead atoms. The summed E-state index contributed by atoms with van der Waals surface area (Å²) in [5.41, 5.74) is -0.307. The Morgan fingerprint density at radius 3 is 3.00 bits per heavy atom. The molecule has 2 N–H and O–H groups in total. The number of carbonyl (C=O) groups is 1. The molecule has 0 spiro atoms. The summed E-state index contributed by atoms with van der Waals surface area (Å²) in [4.78, 5) is 11.0. The second-order valence-corrected chi connectivity index (χ2v) is 6.57. The monoisotopic (exact) mass is 287 g/mol. The van der Waals surface area contributed by atoms with Crippen molar-refractivity contribution in [3.8, 4) is 0 Å². The van der Waals surface area contributed by atoms with Crippen LogP contribution in [-0.2, 0) is 10.0 Å². The van der Waals surface area contributed by atoms with Gasteiger partial charge in [0.2, 0.25) is 0 Å². The number of carboxylic acids is 1. The van der Waals surface area contributed by atoms with Crippen LogP contribution in [0, 0.1) is 5.92 Å². The summed E-state index contributed by atoms with van der Waals surface area (Å²) in [5.74, 6) is -0.962. The number of hydrogen-bond acceptors (Lipinski definition) is 4. The SMILES string of the molecule is CCC1CCCN(S(=O)(=O)c2[nH]ncc2C(=O)O)C1. The molecule has 7 nitrogen and oxygen atoms in total. The van der Waals surface area contributed by atoms with Gasteiger partial charge in [0.25, 0.3) is 10.0 Å². The summed E-state index contributed by atoms with van der Waals surface area (Å²) in [7, 11) is -3.80. The van der Waals surface area contributed by atoms with Gasteiger partial charge in [-0.2, -0.15) is 9.40 Å². The van der Waals surface area contributed by atoms with Crippen molar-refractivity contribution in [2.45, 2.75) is 31.2 Å². The number of carboxylic acid groups (broad SMARTS) is 1. The Bertz CT molecular complexity index is 566. The summed E-state index contributed by atoms with van der Waals surface area (Å²) in [6.07, 6.45) is 3.75. The van der Waals surface area contributed by atoms with Gasteiger partial charge in [-0.25, -0.2) is 13.2 Å². The highest BCUT2D eigenvalue weighted by Crippen LogP contribution is 2.25. The molecule has 2 heterocycles. The molecule has 1 fully saturated rings. The Morgan fingerprint density at radius 2 is 2.37 bits per heavy atom. The van der Waals surface area contributed by atoms with Crippen LogP contribution in [-0.4, -0.2) is 47.1 Å². The van der Waals surface area contributed by atoms with Crippen LogP contribution >= 0.6 is 0 Å². The first-order chi connectivity index (χ1) is 8.96. The first-order valence-electron chi connectivity index (χ1n) is 6.23. The van der Waals surface area contributed by atoms with Gasteiger partial charge < -0.3 is 5.11 Å². The van der Waals surface area contributed by atoms with E-state index in [0.717, 1.165) is 25.5 Å². The second kappa shape index (κ2) is 5.30. The van der Waals surface area contributed by atoms with E-state index < -0.39 is 16.0 Å². The Balaban J connectivity index is 2.31. The lowest BCUT2D eigenvalue weighted by atomic mass is 9.97. The van der Waals surface area contributed by atoms with Crippen LogP contribution in [0.25, 0.3) is 0 Å². The fourth-order valence-corrected chi connectivity index (χ4v) is 3.95. The average Bonchev–Trinajstić information content (AvgIpc) is 2.89. The Hall–Kier alpha value is -1.41. The van der Waals surface area contributed by atoms with E-state index in [1.165, 1.54) is 4.31 Å². The predicted molar refractivity (Wildman–Crippen MR) is 67.3 cm³/mol. The fourth-order valence-electron chi connectivity index (χ4n) is 2.33. The van der Waals surface area contributed by atoms with Gasteiger partial charge >= 0.3 is 5.97 Å². The van der Waals surface area contributed by atoms with E-state index in [1.807, 2.05) is 6.92 Å². The van der Waals surface area contributed by atoms with Gasteiger partial charge in [0.05, 0.1) is 6.20 Å². The minimum atomic E-state index is -3.80. The van der Waals surface area contributed by atoms with Gasteiger partial charge in [-0.05, 0) is 18.8 Å². The number of sulfonamides is 1. The average molecular weight is 287 g/mol. The Morgan fingerprint density at radius 1 is 1.63 bits per heavy atom. The third-order valence-electron chi connectivity index (χ3n) is 3.49. The molecule has 0 radical (unpaired) electrons. The van der Waals surface area contributed by atoms with Gasteiger partial charge in [0.1, 0.15) is 5.56 Å². The third kappa shape index (κ3) is 2.64. The summed E-state index contributed by atoms with van der Waals surface area (Å²) in [5, 5.41) is 14.5. The number of aromatic carboxylic acids is 1. The van der Waals surface area contributed by atoms with Crippen LogP contribution in [0.5, 0.6) is 0 Å². The van der Waals surface area contributed by atoms with Crippen LogP contribution in [0.3, 0.4) is 0 Å². The van der Waals surface area contributed by atoms with Crippen LogP contribution in [0.15, 0.2) is 11.2 Å². The van der Waals surface area contributed by atoms with E-state index >= 15 is 0 Å². The number of H-pyrrole nitrogens is 1. The van der Waals surface area contributed by atoms with Gasteiger partial charge in [0.15, 0.2) is 5.03 Å². The molecule has 1 aliphatic heterocycles. The van der Waals surface area contributed by atoms with E-state index in [9.17, 15) is 13.2 Å². The molecule has 1 aromatic rings. The Labute approximate surface area is 111 Å². The van der Waals surface area contributed by atoms with E-state index in [4.69, 9.17) is 5.11 Å². The fraction of sp³-hybridized carbons (Fsp3) is 0.636. The van der Waals surface area contributed by atoms with Gasteiger partial charge in [0, 0.05) is 13.1 Å². The van der Waals surface area contributed by atoms with Crippen LogP contribution < -0.4 is 0 Å². The molecule has 106 valence electrons. The van der Waals surface area contributed by atoms with Crippen molar-refractivity contribution < 1.29 is 18.3 Å². The molecule has 0 aliphatic carbocycles. The number of rotatable bonds is 4. The highest BCUT2D eigenvalue weighted by atomic mass is 32.2. The van der Waals surface area contributed by atoms with Crippen LogP contribution in [0.4, 0.5) is 0 Å². The normalized spacial score (nSPS) is 21.4. The van der Waals surface area contributed by atoms with Gasteiger partial charge in [-0.1, -0.05) is 13.3 Å². The number of aromatic amines is 1. The molecule has 2 rings (SSSR count). The molecule has 1 aromatic heterocycles. The molecular weight excluding hydrogens is 270 g/mol. The van der Waals surface area contributed by atoms with Crippen molar-refractivity contribution >= 4 is 16.0 Å². The summed E-state index contributed by atoms with van der Waals surface area (Å²) in [6.45, 7) is 2.90. The third-order valence-corrected chi connectivity index (χ3v) is 5.33. The lowest BCUT2D eigenvalue weighted by molar-refractivity contribution is 0.0692. The van der Waals surface area contributed by atoms with E-state index in [-0.39, 0.29) is 10.6 Å². The Kier molecular flexibility index (Phi) is 3.91. The number of nitrogens with zero attached hydrogens (tertiary/aromatic N) is 2. The maximum Gasteiger partial charge on any atom is 0.340 e. The second-order valence-electron chi connectivity index (χ2n) is 4.70. The molecule has 0 amide bonds. The maximum absolute atomic E-state index is 12.4. The predicted octanol–water partition coefficient (Wildman–Crippen LogP) is 0.919. The van der Waals surface area contributed by atoms with E-state index in [0.29, 0.717) is 19.0 Å². The van der Waals surface area contributed by atoms with Crippen molar-refractivity contribution in [2.24, 2.45) is 5.92 Å². The molecule has 1 atom stereocenters. The maximum atomic E-state index is 12.4. The molecule has 1 saturated heterocycles. The minimum Gasteiger partial charge on any atom is -0.478 e. The topological polar surface area (TPSA) is 103 Å². The molecule has 8 heteroatoms. The van der Waals surface area contributed by atoms with E-state index in [1.54, 1.807) is 0 Å². The van der Waals surface area contributed by atoms with Crippen LogP contribution in [0.2, 0.25) is 0 Å². The zero-order valence-corrected chi connectivity index (χ0v) is 11.5. The minimum absolute atomic E-state index is 0.307. The van der Waals surface area contributed by atoms with E-state index in [2.05, 4.69) is 10.2 Å². The highest BCUT2D eigenvalue weighted by Gasteiger charge is 2.33. The molecule has 1 unspecified atom stereocenters. The summed E-state index contributed by atoms with van der Waals surface area (Å²) >= 11 is 0. The zero-order chi connectivity index (χ0) is 14.0. The zero-order valence-electron chi connectivity index (χ0n) is 10.7. The van der Waals surface area contributed by atoms with Gasteiger partial charge in [-0.3, -0.25) is 5.10 Å². The van der Waals surface area contributed by atoms with Crippen molar-refractivity contribution in [2.75, 3.05) is 13.1 Å². The largest absolute Gasteiger partial charge is 0.478 e. The number of hydrogen-bond donors (Lipinski definition) is 2. The van der Waals surface area contributed by atoms with Crippen molar-refractivity contribution in [3.05, 3.63) is 11.8 Å². The molecular formula is C11H17N3O4S. The van der Waals surface area contributed by atoms with Crippen molar-refractivity contribution in [1.29, 1.82) is 0 Å². The standard InChI is InChI=1S/C11H17N3O4S/c1-2-8-4-3-5-14(7-8)19(17,18)10-9(11(15)16)6-12-13-10/h6,8H,2-5,7H2,1H3,(H,12,13)(H,15,16). The smallest absolute Gasteiger partial charge is 0.340 e. The number of nitrogens with one attached hydrogen (secondary N) is 1. The number of piperidine rings is 1. The first kappa shape index (κ1) is 14.0. The summed E-state index contributed by atoms with van der Waals surface area (Å²) in [6, 6.07) is 0.